The van der Waals surface area contributed by atoms with Crippen molar-refractivity contribution >= 4 is 11.1 Å². The maximum absolute atomic E-state index is 13.1. The van der Waals surface area contributed by atoms with Crippen LogP contribution in [0.2, 0.25) is 0 Å². The highest BCUT2D eigenvalue weighted by Crippen LogP contribution is 2.46. The van der Waals surface area contributed by atoms with Gasteiger partial charge < -0.3 is 9.15 Å². The molecule has 1 N–H and O–H groups in total. The van der Waals surface area contributed by atoms with E-state index in [2.05, 4.69) is 4.98 Å². The Morgan fingerprint density at radius 3 is 2.56 bits per heavy atom. The first-order valence-electron chi connectivity index (χ1n) is 5.20. The Hall–Kier alpha value is -1.76. The average molecular weight is 259 g/mol. The molecule has 1 aliphatic rings. The molecular weight excluding hydrogens is 251 g/mol. The number of nitrogens with one attached hydrogen (secondary N) is 1. The van der Waals surface area contributed by atoms with Crippen LogP contribution in [0.25, 0.3) is 11.1 Å². The molecule has 2 heterocycles. The molecule has 1 fully saturated rings. The maximum Gasteiger partial charge on any atom is 0.417 e. The Morgan fingerprint density at radius 2 is 2.00 bits per heavy atom. The van der Waals surface area contributed by atoms with E-state index >= 15 is 0 Å². The molecule has 1 aromatic heterocycles. The minimum Gasteiger partial charge on any atom is -0.408 e. The minimum absolute atomic E-state index is 0.0523. The normalized spacial score (nSPS) is 18.8. The van der Waals surface area contributed by atoms with Gasteiger partial charge in [-0.3, -0.25) is 4.98 Å². The molecule has 0 amide bonds. The monoisotopic (exact) mass is 259 g/mol. The lowest BCUT2D eigenvalue weighted by molar-refractivity contribution is -0.262. The molecule has 2 aromatic rings. The Kier molecular flexibility index (Phi) is 2.13. The van der Waals surface area contributed by atoms with E-state index in [4.69, 9.17) is 9.15 Å². The van der Waals surface area contributed by atoms with E-state index in [1.54, 1.807) is 0 Å². The number of hydrogen-bond donors (Lipinski definition) is 1. The number of ether oxygens (including phenoxy) is 1. The summed E-state index contributed by atoms with van der Waals surface area (Å²) in [6.07, 6.45) is -4.39. The summed E-state index contributed by atoms with van der Waals surface area (Å²) < 4.78 is 48.7. The Balaban J connectivity index is 2.16. The van der Waals surface area contributed by atoms with Crippen molar-refractivity contribution in [2.24, 2.45) is 0 Å². The predicted octanol–water partition coefficient (Wildman–Crippen LogP) is 1.95. The van der Waals surface area contributed by atoms with Gasteiger partial charge in [0.2, 0.25) is 0 Å². The second-order valence-corrected chi connectivity index (χ2v) is 4.30. The van der Waals surface area contributed by atoms with Gasteiger partial charge in [0.05, 0.1) is 18.7 Å². The highest BCUT2D eigenvalue weighted by atomic mass is 19.4. The average Bonchev–Trinajstić information content (AvgIpc) is 2.52. The number of benzene rings is 1. The van der Waals surface area contributed by atoms with Crippen LogP contribution in [-0.2, 0) is 10.2 Å². The molecule has 4 nitrogen and oxygen atoms in total. The van der Waals surface area contributed by atoms with Gasteiger partial charge in [0.15, 0.2) is 5.58 Å². The number of aromatic amines is 1. The van der Waals surface area contributed by atoms with Gasteiger partial charge in [-0.05, 0) is 17.7 Å². The Bertz CT molecular complexity index is 651. The first kappa shape index (κ1) is 11.3. The van der Waals surface area contributed by atoms with E-state index in [0.717, 1.165) is 0 Å². The topological polar surface area (TPSA) is 55.2 Å². The van der Waals surface area contributed by atoms with Crippen molar-refractivity contribution < 1.29 is 22.3 Å². The van der Waals surface area contributed by atoms with Crippen molar-refractivity contribution in [2.75, 3.05) is 13.2 Å². The second kappa shape index (κ2) is 3.38. The van der Waals surface area contributed by atoms with Crippen molar-refractivity contribution in [2.45, 2.75) is 11.6 Å². The lowest BCUT2D eigenvalue weighted by Gasteiger charge is -2.42. The van der Waals surface area contributed by atoms with Gasteiger partial charge in [0.25, 0.3) is 0 Å². The molecule has 0 aliphatic carbocycles. The third-order valence-electron chi connectivity index (χ3n) is 3.21. The SMILES string of the molecule is O=c1[nH]c2ccc(C3(C(F)(F)F)COC3)cc2o1. The third kappa shape index (κ3) is 1.40. The number of halogens is 3. The molecule has 3 rings (SSSR count). The van der Waals surface area contributed by atoms with Crippen LogP contribution in [0.15, 0.2) is 27.4 Å². The standard InChI is InChI=1S/C11H8F3NO3/c12-11(13,14)10(4-17-5-10)6-1-2-7-8(3-6)18-9(16)15-7/h1-3H,4-5H2,(H,15,16). The van der Waals surface area contributed by atoms with Crippen LogP contribution < -0.4 is 5.76 Å². The fourth-order valence-corrected chi connectivity index (χ4v) is 2.04. The van der Waals surface area contributed by atoms with E-state index in [1.165, 1.54) is 18.2 Å². The van der Waals surface area contributed by atoms with E-state index in [9.17, 15) is 18.0 Å². The number of alkyl halides is 3. The smallest absolute Gasteiger partial charge is 0.408 e. The molecule has 0 atom stereocenters. The summed E-state index contributed by atoms with van der Waals surface area (Å²) in [5.41, 5.74) is -1.44. The third-order valence-corrected chi connectivity index (χ3v) is 3.21. The number of H-pyrrole nitrogens is 1. The molecule has 96 valence electrons. The maximum atomic E-state index is 13.1. The van der Waals surface area contributed by atoms with Crippen molar-refractivity contribution in [1.82, 2.24) is 4.98 Å². The van der Waals surface area contributed by atoms with Gasteiger partial charge in [-0.2, -0.15) is 13.2 Å². The summed E-state index contributed by atoms with van der Waals surface area (Å²) in [7, 11) is 0. The highest BCUT2D eigenvalue weighted by Gasteiger charge is 2.61. The minimum atomic E-state index is -4.39. The zero-order valence-electron chi connectivity index (χ0n) is 9.00. The van der Waals surface area contributed by atoms with Gasteiger partial charge in [0, 0.05) is 0 Å². The van der Waals surface area contributed by atoms with E-state index in [-0.39, 0.29) is 11.1 Å². The quantitative estimate of drug-likeness (QED) is 0.851. The first-order valence-corrected chi connectivity index (χ1v) is 5.20. The van der Waals surface area contributed by atoms with Crippen LogP contribution in [-0.4, -0.2) is 24.4 Å². The number of oxazole rings is 1. The van der Waals surface area contributed by atoms with Crippen LogP contribution in [0.4, 0.5) is 13.2 Å². The van der Waals surface area contributed by atoms with Crippen LogP contribution >= 0.6 is 0 Å². The predicted molar refractivity (Wildman–Crippen MR) is 55.4 cm³/mol. The van der Waals surface area contributed by atoms with Crippen LogP contribution in [0.3, 0.4) is 0 Å². The summed E-state index contributed by atoms with van der Waals surface area (Å²) in [6.45, 7) is -0.812. The zero-order valence-corrected chi connectivity index (χ0v) is 9.00. The fourth-order valence-electron chi connectivity index (χ4n) is 2.04. The number of fused-ring (bicyclic) bond motifs is 1. The molecule has 18 heavy (non-hydrogen) atoms. The second-order valence-electron chi connectivity index (χ2n) is 4.30. The van der Waals surface area contributed by atoms with Crippen LogP contribution in [0, 0.1) is 0 Å². The van der Waals surface area contributed by atoms with Crippen molar-refractivity contribution in [3.63, 3.8) is 0 Å². The molecule has 0 unspecified atom stereocenters. The lowest BCUT2D eigenvalue weighted by atomic mass is 9.78. The molecule has 0 radical (unpaired) electrons. The number of hydrogen-bond acceptors (Lipinski definition) is 3. The molecule has 1 saturated heterocycles. The van der Waals surface area contributed by atoms with E-state index < -0.39 is 30.6 Å². The zero-order chi connectivity index (χ0) is 13.0. The molecule has 1 aliphatic heterocycles. The van der Waals surface area contributed by atoms with Gasteiger partial charge in [0.1, 0.15) is 5.41 Å². The fraction of sp³-hybridized carbons (Fsp3) is 0.364. The van der Waals surface area contributed by atoms with Crippen molar-refractivity contribution in [1.29, 1.82) is 0 Å². The van der Waals surface area contributed by atoms with Gasteiger partial charge in [-0.25, -0.2) is 4.79 Å². The number of aromatic nitrogens is 1. The molecule has 7 heteroatoms. The van der Waals surface area contributed by atoms with E-state index in [0.29, 0.717) is 5.52 Å². The van der Waals surface area contributed by atoms with Crippen LogP contribution in [0.5, 0.6) is 0 Å². The molecule has 0 bridgehead atoms. The van der Waals surface area contributed by atoms with Gasteiger partial charge >= 0.3 is 11.9 Å². The van der Waals surface area contributed by atoms with Crippen molar-refractivity contribution in [3.05, 3.63) is 34.3 Å². The highest BCUT2D eigenvalue weighted by molar-refractivity contribution is 5.73. The molecule has 0 spiro atoms. The summed E-state index contributed by atoms with van der Waals surface area (Å²) in [4.78, 5) is 13.3. The van der Waals surface area contributed by atoms with Gasteiger partial charge in [-0.1, -0.05) is 6.07 Å². The largest absolute Gasteiger partial charge is 0.417 e. The number of rotatable bonds is 1. The van der Waals surface area contributed by atoms with E-state index in [1.807, 2.05) is 0 Å². The van der Waals surface area contributed by atoms with Crippen molar-refractivity contribution in [3.8, 4) is 0 Å². The molecular formula is C11H8F3NO3. The summed E-state index contributed by atoms with van der Waals surface area (Å²) >= 11 is 0. The Labute approximate surface area is 98.4 Å². The summed E-state index contributed by atoms with van der Waals surface area (Å²) in [5, 5.41) is 0. The molecule has 0 saturated carbocycles. The molecule has 1 aromatic carbocycles. The lowest BCUT2D eigenvalue weighted by Crippen LogP contribution is -2.57. The van der Waals surface area contributed by atoms with Crippen LogP contribution in [0.1, 0.15) is 5.56 Å². The first-order chi connectivity index (χ1) is 8.42. The summed E-state index contributed by atoms with van der Waals surface area (Å²) in [6, 6.07) is 3.98. The van der Waals surface area contributed by atoms with Gasteiger partial charge in [-0.15, -0.1) is 0 Å². The summed E-state index contributed by atoms with van der Waals surface area (Å²) in [5.74, 6) is -0.687. The Morgan fingerprint density at radius 1 is 1.28 bits per heavy atom.